The van der Waals surface area contributed by atoms with E-state index in [1.54, 1.807) is 24.3 Å². The fourth-order valence-electron chi connectivity index (χ4n) is 3.24. The normalized spacial score (nSPS) is 11.5. The summed E-state index contributed by atoms with van der Waals surface area (Å²) in [6.07, 6.45) is 0. The van der Waals surface area contributed by atoms with Crippen LogP contribution in [0.25, 0.3) is 0 Å². The Bertz CT molecular complexity index is 1240. The van der Waals surface area contributed by atoms with E-state index >= 15 is 0 Å². The van der Waals surface area contributed by atoms with Crippen LogP contribution in [0.4, 0.5) is 5.69 Å². The van der Waals surface area contributed by atoms with Gasteiger partial charge in [-0.1, -0.05) is 54.6 Å². The number of carbonyl (C=O) groups is 2. The molecule has 1 amide bonds. The van der Waals surface area contributed by atoms with E-state index in [9.17, 15) is 18.0 Å². The van der Waals surface area contributed by atoms with Crippen LogP contribution in [-0.2, 0) is 26.1 Å². The van der Waals surface area contributed by atoms with Gasteiger partial charge in [0, 0.05) is 5.54 Å². The summed E-state index contributed by atoms with van der Waals surface area (Å²) in [7, 11) is -4.02. The van der Waals surface area contributed by atoms with Gasteiger partial charge in [0.15, 0.2) is 6.61 Å². The summed E-state index contributed by atoms with van der Waals surface area (Å²) in [4.78, 5) is 24.4. The van der Waals surface area contributed by atoms with E-state index in [1.807, 2.05) is 57.2 Å². The van der Waals surface area contributed by atoms with E-state index in [2.05, 4.69) is 5.32 Å². The fourth-order valence-corrected chi connectivity index (χ4v) is 4.74. The number of hydrogen-bond acceptors (Lipinski definition) is 5. The first kappa shape index (κ1) is 25.0. The highest BCUT2D eigenvalue weighted by Crippen LogP contribution is 2.26. The summed E-state index contributed by atoms with van der Waals surface area (Å²) in [5, 5.41) is 2.70. The molecule has 0 aliphatic rings. The molecular formula is C26H28N2O5S. The molecule has 0 saturated heterocycles. The number of ether oxygens (including phenoxy) is 1. The van der Waals surface area contributed by atoms with Crippen molar-refractivity contribution in [3.05, 3.63) is 96.1 Å². The van der Waals surface area contributed by atoms with Crippen molar-refractivity contribution in [3.63, 3.8) is 0 Å². The van der Waals surface area contributed by atoms with E-state index in [4.69, 9.17) is 4.74 Å². The molecular weight excluding hydrogens is 452 g/mol. The lowest BCUT2D eigenvalue weighted by Crippen LogP contribution is -2.42. The number of anilines is 1. The Morgan fingerprint density at radius 1 is 0.882 bits per heavy atom. The quantitative estimate of drug-likeness (QED) is 0.489. The first-order valence-corrected chi connectivity index (χ1v) is 12.2. The van der Waals surface area contributed by atoms with Crippen LogP contribution in [0.1, 0.15) is 36.7 Å². The zero-order chi connectivity index (χ0) is 24.8. The highest BCUT2D eigenvalue weighted by atomic mass is 32.2. The zero-order valence-electron chi connectivity index (χ0n) is 19.4. The minimum atomic E-state index is -4.02. The molecule has 0 spiro atoms. The molecule has 0 aliphatic carbocycles. The molecule has 0 radical (unpaired) electrons. The Morgan fingerprint density at radius 3 is 2.12 bits per heavy atom. The van der Waals surface area contributed by atoms with Crippen molar-refractivity contribution in [2.24, 2.45) is 0 Å². The molecule has 3 aromatic rings. The number of nitrogens with zero attached hydrogens (tertiary/aromatic N) is 1. The molecule has 0 unspecified atom stereocenters. The van der Waals surface area contributed by atoms with Crippen molar-refractivity contribution in [3.8, 4) is 0 Å². The highest BCUT2D eigenvalue weighted by Gasteiger charge is 2.26. The van der Waals surface area contributed by atoms with Crippen LogP contribution >= 0.6 is 0 Å². The van der Waals surface area contributed by atoms with Gasteiger partial charge in [-0.05, 0) is 56.7 Å². The molecule has 8 heteroatoms. The van der Waals surface area contributed by atoms with Gasteiger partial charge in [-0.25, -0.2) is 13.2 Å². The van der Waals surface area contributed by atoms with Gasteiger partial charge in [-0.2, -0.15) is 0 Å². The summed E-state index contributed by atoms with van der Waals surface area (Å²) in [5.74, 6) is -1.22. The molecule has 178 valence electrons. The Hall–Kier alpha value is -3.65. The summed E-state index contributed by atoms with van der Waals surface area (Å²) < 4.78 is 33.7. The number of carbonyl (C=O) groups excluding carboxylic acids is 2. The Kier molecular flexibility index (Phi) is 7.73. The third-order valence-electron chi connectivity index (χ3n) is 4.72. The van der Waals surface area contributed by atoms with Gasteiger partial charge in [-0.3, -0.25) is 9.10 Å². The van der Waals surface area contributed by atoms with Gasteiger partial charge in [0.25, 0.3) is 15.9 Å². The van der Waals surface area contributed by atoms with Gasteiger partial charge in [0.2, 0.25) is 0 Å². The first-order chi connectivity index (χ1) is 16.1. The highest BCUT2D eigenvalue weighted by molar-refractivity contribution is 7.92. The zero-order valence-corrected chi connectivity index (χ0v) is 20.2. The molecule has 3 rings (SSSR count). The van der Waals surface area contributed by atoms with Crippen LogP contribution in [0.3, 0.4) is 0 Å². The average Bonchev–Trinajstić information content (AvgIpc) is 2.81. The molecule has 0 atom stereocenters. The molecule has 1 N–H and O–H groups in total. The maximum absolute atomic E-state index is 13.6. The van der Waals surface area contributed by atoms with E-state index in [-0.39, 0.29) is 17.0 Å². The van der Waals surface area contributed by atoms with Gasteiger partial charge in [0.05, 0.1) is 22.7 Å². The minimum absolute atomic E-state index is 0.0392. The van der Waals surface area contributed by atoms with Crippen LogP contribution < -0.4 is 9.62 Å². The number of sulfonamides is 1. The van der Waals surface area contributed by atoms with Crippen molar-refractivity contribution >= 4 is 27.6 Å². The predicted octanol–water partition coefficient (Wildman–Crippen LogP) is 4.15. The minimum Gasteiger partial charge on any atom is -0.452 e. The number of hydrogen-bond donors (Lipinski definition) is 1. The van der Waals surface area contributed by atoms with Crippen molar-refractivity contribution in [1.82, 2.24) is 5.32 Å². The van der Waals surface area contributed by atoms with Gasteiger partial charge in [-0.15, -0.1) is 0 Å². The van der Waals surface area contributed by atoms with Crippen LogP contribution in [0.5, 0.6) is 0 Å². The lowest BCUT2D eigenvalue weighted by atomic mass is 10.1. The number of amides is 1. The fraction of sp³-hybridized carbons (Fsp3) is 0.231. The average molecular weight is 481 g/mol. The molecule has 0 aliphatic heterocycles. The molecule has 3 aromatic carbocycles. The maximum atomic E-state index is 13.6. The Morgan fingerprint density at radius 2 is 1.50 bits per heavy atom. The summed E-state index contributed by atoms with van der Waals surface area (Å²) in [6, 6.07) is 23.6. The van der Waals surface area contributed by atoms with Crippen molar-refractivity contribution in [1.29, 1.82) is 0 Å². The van der Waals surface area contributed by atoms with E-state index in [0.29, 0.717) is 5.69 Å². The second kappa shape index (κ2) is 10.5. The summed E-state index contributed by atoms with van der Waals surface area (Å²) in [5.41, 5.74) is 0.892. The number of nitrogens with one attached hydrogen (secondary N) is 1. The van der Waals surface area contributed by atoms with Gasteiger partial charge < -0.3 is 10.1 Å². The SMILES string of the molecule is CC(C)(C)NC(=O)COC(=O)c1cccc(S(=O)(=O)N(Cc2ccccc2)c2ccccc2)c1. The third kappa shape index (κ3) is 6.68. The van der Waals surface area contributed by atoms with E-state index < -0.39 is 34.0 Å². The molecule has 7 nitrogen and oxygen atoms in total. The molecule has 0 fully saturated rings. The smallest absolute Gasteiger partial charge is 0.338 e. The van der Waals surface area contributed by atoms with Crippen LogP contribution in [0.2, 0.25) is 0 Å². The van der Waals surface area contributed by atoms with E-state index in [1.165, 1.54) is 28.6 Å². The number of benzene rings is 3. The largest absolute Gasteiger partial charge is 0.452 e. The topological polar surface area (TPSA) is 92.8 Å². The lowest BCUT2D eigenvalue weighted by Gasteiger charge is -2.25. The van der Waals surface area contributed by atoms with Crippen molar-refractivity contribution in [2.75, 3.05) is 10.9 Å². The van der Waals surface area contributed by atoms with Crippen molar-refractivity contribution < 1.29 is 22.7 Å². The standard InChI is InChI=1S/C26H28N2O5S/c1-26(2,3)27-24(29)19-33-25(30)21-13-10-16-23(17-21)34(31,32)28(22-14-8-5-9-15-22)18-20-11-6-4-7-12-20/h4-17H,18-19H2,1-3H3,(H,27,29). The Balaban J connectivity index is 1.86. The third-order valence-corrected chi connectivity index (χ3v) is 6.49. The maximum Gasteiger partial charge on any atom is 0.338 e. The summed E-state index contributed by atoms with van der Waals surface area (Å²) in [6.45, 7) is 5.10. The molecule has 0 aromatic heterocycles. The van der Waals surface area contributed by atoms with Crippen LogP contribution in [0, 0.1) is 0 Å². The van der Waals surface area contributed by atoms with Crippen molar-refractivity contribution in [2.45, 2.75) is 37.8 Å². The predicted molar refractivity (Wildman–Crippen MR) is 131 cm³/mol. The van der Waals surface area contributed by atoms with Gasteiger partial charge in [0.1, 0.15) is 0 Å². The first-order valence-electron chi connectivity index (χ1n) is 10.8. The molecule has 0 bridgehead atoms. The molecule has 0 saturated carbocycles. The Labute approximate surface area is 200 Å². The van der Waals surface area contributed by atoms with E-state index in [0.717, 1.165) is 5.56 Å². The number of para-hydroxylation sites is 1. The van der Waals surface area contributed by atoms with Crippen LogP contribution in [-0.4, -0.2) is 32.4 Å². The monoisotopic (exact) mass is 480 g/mol. The lowest BCUT2D eigenvalue weighted by molar-refractivity contribution is -0.125. The second-order valence-electron chi connectivity index (χ2n) is 8.73. The second-order valence-corrected chi connectivity index (χ2v) is 10.6. The van der Waals surface area contributed by atoms with Crippen LogP contribution in [0.15, 0.2) is 89.8 Å². The summed E-state index contributed by atoms with van der Waals surface area (Å²) >= 11 is 0. The molecule has 34 heavy (non-hydrogen) atoms. The number of esters is 1. The van der Waals surface area contributed by atoms with Gasteiger partial charge >= 0.3 is 5.97 Å². The number of rotatable bonds is 8. The molecule has 0 heterocycles.